The Labute approximate surface area is 157 Å². The Morgan fingerprint density at radius 2 is 2.19 bits per heavy atom. The molecule has 4 aromatic rings. The van der Waals surface area contributed by atoms with E-state index in [1.165, 1.54) is 17.4 Å². The first-order valence-electron chi connectivity index (χ1n) is 8.59. The van der Waals surface area contributed by atoms with Crippen LogP contribution in [0.5, 0.6) is 5.88 Å². The van der Waals surface area contributed by atoms with Gasteiger partial charge in [0.05, 0.1) is 11.3 Å². The molecule has 4 heterocycles. The molecule has 0 radical (unpaired) electrons. The molecule has 5 rings (SSSR count). The quantitative estimate of drug-likeness (QED) is 0.536. The van der Waals surface area contributed by atoms with Crippen LogP contribution in [0.1, 0.15) is 6.42 Å². The molecule has 1 atom stereocenters. The van der Waals surface area contributed by atoms with Gasteiger partial charge in [0.2, 0.25) is 5.88 Å². The first-order chi connectivity index (χ1) is 13.2. The van der Waals surface area contributed by atoms with Gasteiger partial charge in [0.15, 0.2) is 16.6 Å². The molecule has 0 bridgehead atoms. The Morgan fingerprint density at radius 1 is 1.26 bits per heavy atom. The van der Waals surface area contributed by atoms with E-state index in [0.29, 0.717) is 23.1 Å². The zero-order valence-corrected chi connectivity index (χ0v) is 15.0. The monoisotopic (exact) mass is 387 g/mol. The number of anilines is 1. The van der Waals surface area contributed by atoms with Crippen molar-refractivity contribution in [2.75, 3.05) is 24.6 Å². The first kappa shape index (κ1) is 16.4. The van der Waals surface area contributed by atoms with Gasteiger partial charge in [-0.2, -0.15) is 0 Å². The molecule has 1 saturated heterocycles. The molecular weight excluding hydrogens is 372 g/mol. The van der Waals surface area contributed by atoms with Crippen LogP contribution < -0.4 is 9.64 Å². The summed E-state index contributed by atoms with van der Waals surface area (Å²) in [5.41, 5.74) is 1.00. The smallest absolute Gasteiger partial charge is 0.231 e. The number of imidazole rings is 1. The second kappa shape index (κ2) is 6.41. The Hall–Kier alpha value is -2.81. The molecule has 27 heavy (non-hydrogen) atoms. The van der Waals surface area contributed by atoms with E-state index in [1.54, 1.807) is 23.0 Å². The molecule has 138 valence electrons. The fourth-order valence-corrected chi connectivity index (χ4v) is 4.34. The summed E-state index contributed by atoms with van der Waals surface area (Å²) < 4.78 is 35.3. The molecule has 0 N–H and O–H groups in total. The molecule has 1 aromatic carbocycles. The van der Waals surface area contributed by atoms with Crippen LogP contribution in [-0.4, -0.2) is 39.3 Å². The van der Waals surface area contributed by atoms with Gasteiger partial charge >= 0.3 is 0 Å². The van der Waals surface area contributed by atoms with E-state index < -0.39 is 11.6 Å². The number of rotatable bonds is 4. The highest BCUT2D eigenvalue weighted by molar-refractivity contribution is 7.22. The first-order valence-corrected chi connectivity index (χ1v) is 9.41. The van der Waals surface area contributed by atoms with Crippen LogP contribution in [0.3, 0.4) is 0 Å². The zero-order valence-electron chi connectivity index (χ0n) is 14.2. The van der Waals surface area contributed by atoms with Gasteiger partial charge in [0.1, 0.15) is 11.3 Å². The lowest BCUT2D eigenvalue weighted by Crippen LogP contribution is -2.21. The van der Waals surface area contributed by atoms with Gasteiger partial charge in [-0.1, -0.05) is 11.3 Å². The van der Waals surface area contributed by atoms with E-state index in [0.717, 1.165) is 36.4 Å². The maximum absolute atomic E-state index is 13.9. The van der Waals surface area contributed by atoms with Crippen LogP contribution in [0.4, 0.5) is 13.9 Å². The van der Waals surface area contributed by atoms with Crippen LogP contribution in [0.2, 0.25) is 0 Å². The summed E-state index contributed by atoms with van der Waals surface area (Å²) in [6.07, 6.45) is 4.41. The number of hydrogen-bond donors (Lipinski definition) is 0. The molecule has 1 aliphatic rings. The predicted molar refractivity (Wildman–Crippen MR) is 98.3 cm³/mol. The zero-order chi connectivity index (χ0) is 18.4. The van der Waals surface area contributed by atoms with Crippen molar-refractivity contribution >= 4 is 32.3 Å². The summed E-state index contributed by atoms with van der Waals surface area (Å²) >= 11 is 1.31. The minimum atomic E-state index is -0.618. The molecule has 0 amide bonds. The molecule has 9 heteroatoms. The third-order valence-corrected chi connectivity index (χ3v) is 5.72. The number of hydrogen-bond acceptors (Lipinski definition) is 6. The average molecular weight is 387 g/mol. The van der Waals surface area contributed by atoms with Gasteiger partial charge in [0, 0.05) is 43.5 Å². The lowest BCUT2D eigenvalue weighted by atomic mass is 10.1. The van der Waals surface area contributed by atoms with E-state index in [9.17, 15) is 8.78 Å². The number of nitrogens with zero attached hydrogens (tertiary/aromatic N) is 5. The summed E-state index contributed by atoms with van der Waals surface area (Å²) in [5.74, 6) is -0.326. The molecule has 1 fully saturated rings. The lowest BCUT2D eigenvalue weighted by molar-refractivity contribution is 0.249. The molecule has 1 aliphatic heterocycles. The van der Waals surface area contributed by atoms with E-state index in [2.05, 4.69) is 20.0 Å². The Kier molecular flexibility index (Phi) is 3.89. The van der Waals surface area contributed by atoms with Gasteiger partial charge in [-0.3, -0.25) is 0 Å². The van der Waals surface area contributed by atoms with Crippen molar-refractivity contribution in [2.24, 2.45) is 5.92 Å². The molecular formula is C18H15F2N5OS. The summed E-state index contributed by atoms with van der Waals surface area (Å²) in [6, 6.07) is 5.86. The highest BCUT2D eigenvalue weighted by Gasteiger charge is 2.26. The minimum absolute atomic E-state index is 0.230. The van der Waals surface area contributed by atoms with Gasteiger partial charge in [-0.15, -0.1) is 5.10 Å². The van der Waals surface area contributed by atoms with E-state index in [1.807, 2.05) is 6.07 Å². The van der Waals surface area contributed by atoms with Crippen molar-refractivity contribution in [3.05, 3.63) is 48.3 Å². The number of halogens is 2. The third-order valence-electron chi connectivity index (χ3n) is 4.66. The Morgan fingerprint density at radius 3 is 3.11 bits per heavy atom. The van der Waals surface area contributed by atoms with Crippen molar-refractivity contribution < 1.29 is 13.5 Å². The topological polar surface area (TPSA) is 55.5 Å². The van der Waals surface area contributed by atoms with Crippen molar-refractivity contribution in [1.82, 2.24) is 19.6 Å². The highest BCUT2D eigenvalue weighted by Crippen LogP contribution is 2.33. The van der Waals surface area contributed by atoms with Crippen LogP contribution in [0.15, 0.2) is 36.7 Å². The fraction of sp³-hybridized carbons (Fsp3) is 0.278. The van der Waals surface area contributed by atoms with Crippen LogP contribution >= 0.6 is 11.3 Å². The third kappa shape index (κ3) is 3.08. The van der Waals surface area contributed by atoms with Crippen molar-refractivity contribution in [3.8, 4) is 5.88 Å². The van der Waals surface area contributed by atoms with E-state index >= 15 is 0 Å². The summed E-state index contributed by atoms with van der Waals surface area (Å²) in [5, 5.41) is 5.07. The van der Waals surface area contributed by atoms with Crippen molar-refractivity contribution in [2.45, 2.75) is 6.42 Å². The number of thiazole rings is 1. The van der Waals surface area contributed by atoms with Crippen LogP contribution in [0.25, 0.3) is 15.9 Å². The Bertz CT molecular complexity index is 1130. The maximum atomic E-state index is 13.9. The molecule has 0 aliphatic carbocycles. The SMILES string of the molecule is Fc1cc(F)c2nc(N3CCC(COc4ccc5nccn5n4)C3)sc2c1. The van der Waals surface area contributed by atoms with E-state index in [-0.39, 0.29) is 5.52 Å². The summed E-state index contributed by atoms with van der Waals surface area (Å²) in [4.78, 5) is 10.6. The number of fused-ring (bicyclic) bond motifs is 2. The molecule has 0 saturated carbocycles. The molecule has 1 unspecified atom stereocenters. The number of aromatic nitrogens is 4. The molecule has 0 spiro atoms. The second-order valence-electron chi connectivity index (χ2n) is 6.54. The van der Waals surface area contributed by atoms with Crippen molar-refractivity contribution in [3.63, 3.8) is 0 Å². The largest absolute Gasteiger partial charge is 0.476 e. The highest BCUT2D eigenvalue weighted by atomic mass is 32.1. The summed E-state index contributed by atoms with van der Waals surface area (Å²) in [6.45, 7) is 2.11. The predicted octanol–water partition coefficient (Wildman–Crippen LogP) is 3.52. The minimum Gasteiger partial charge on any atom is -0.476 e. The van der Waals surface area contributed by atoms with Crippen molar-refractivity contribution in [1.29, 1.82) is 0 Å². The van der Waals surface area contributed by atoms with Gasteiger partial charge in [-0.05, 0) is 18.6 Å². The second-order valence-corrected chi connectivity index (χ2v) is 7.55. The van der Waals surface area contributed by atoms with Gasteiger partial charge in [-0.25, -0.2) is 23.3 Å². The van der Waals surface area contributed by atoms with Gasteiger partial charge < -0.3 is 9.64 Å². The van der Waals surface area contributed by atoms with Crippen LogP contribution in [0, 0.1) is 17.6 Å². The lowest BCUT2D eigenvalue weighted by Gasteiger charge is -2.15. The molecule has 6 nitrogen and oxygen atoms in total. The standard InChI is InChI=1S/C18H15F2N5OS/c19-12-7-13(20)17-14(8-12)27-18(22-17)24-5-3-11(9-24)10-26-16-2-1-15-21-4-6-25(15)23-16/h1-2,4,6-8,11H,3,5,9-10H2. The van der Waals surface area contributed by atoms with Gasteiger partial charge in [0.25, 0.3) is 0 Å². The van der Waals surface area contributed by atoms with Crippen LogP contribution in [-0.2, 0) is 0 Å². The average Bonchev–Trinajstić information content (AvgIpc) is 3.38. The Balaban J connectivity index is 1.26. The number of ether oxygens (including phenoxy) is 1. The number of benzene rings is 1. The maximum Gasteiger partial charge on any atom is 0.231 e. The summed E-state index contributed by atoms with van der Waals surface area (Å²) in [7, 11) is 0. The normalized spacial score (nSPS) is 17.3. The fourth-order valence-electron chi connectivity index (χ4n) is 3.30. The van der Waals surface area contributed by atoms with E-state index in [4.69, 9.17) is 4.74 Å². The molecule has 3 aromatic heterocycles.